The molecule has 20 heavy (non-hydrogen) atoms. The lowest BCUT2D eigenvalue weighted by Gasteiger charge is -2.16. The van der Waals surface area contributed by atoms with Crippen molar-refractivity contribution in [2.45, 2.75) is 6.04 Å². The first-order chi connectivity index (χ1) is 9.61. The monoisotopic (exact) mass is 293 g/mol. The zero-order valence-corrected chi connectivity index (χ0v) is 11.3. The minimum Gasteiger partial charge on any atom is -0.394 e. The molecular formula is C15H13ClFNO2. The Morgan fingerprint density at radius 2 is 1.95 bits per heavy atom. The molecule has 2 aromatic carbocycles. The molecule has 0 fully saturated rings. The van der Waals surface area contributed by atoms with Gasteiger partial charge in [0.2, 0.25) is 0 Å². The molecule has 0 aromatic heterocycles. The molecular weight excluding hydrogens is 281 g/mol. The van der Waals surface area contributed by atoms with E-state index in [4.69, 9.17) is 11.6 Å². The summed E-state index contributed by atoms with van der Waals surface area (Å²) in [6.45, 7) is -0.244. The Labute approximate surface area is 121 Å². The lowest BCUT2D eigenvalue weighted by Crippen LogP contribution is -2.30. The quantitative estimate of drug-likeness (QED) is 0.910. The summed E-state index contributed by atoms with van der Waals surface area (Å²) in [4.78, 5) is 12.0. The normalized spacial score (nSPS) is 11.9. The van der Waals surface area contributed by atoms with E-state index in [1.807, 2.05) is 18.2 Å². The van der Waals surface area contributed by atoms with Crippen molar-refractivity contribution in [3.05, 3.63) is 70.5 Å². The van der Waals surface area contributed by atoms with Crippen molar-refractivity contribution in [1.29, 1.82) is 0 Å². The van der Waals surface area contributed by atoms with Crippen molar-refractivity contribution in [3.8, 4) is 0 Å². The molecule has 0 heterocycles. The van der Waals surface area contributed by atoms with E-state index in [-0.39, 0.29) is 17.2 Å². The summed E-state index contributed by atoms with van der Waals surface area (Å²) in [7, 11) is 0. The molecule has 2 rings (SSSR count). The van der Waals surface area contributed by atoms with E-state index in [1.165, 1.54) is 12.1 Å². The smallest absolute Gasteiger partial charge is 0.251 e. The molecule has 0 unspecified atom stereocenters. The van der Waals surface area contributed by atoms with Gasteiger partial charge in [0, 0.05) is 5.56 Å². The summed E-state index contributed by atoms with van der Waals surface area (Å²) in [5.74, 6) is -1.12. The van der Waals surface area contributed by atoms with Crippen molar-refractivity contribution in [2.24, 2.45) is 0 Å². The molecule has 2 N–H and O–H groups in total. The zero-order chi connectivity index (χ0) is 14.5. The van der Waals surface area contributed by atoms with Crippen LogP contribution in [0, 0.1) is 5.82 Å². The number of carbonyl (C=O) groups excluding carboxylic acids is 1. The standard InChI is InChI=1S/C15H13ClFNO2/c16-12-7-6-11(8-13(12)17)15(20)18-14(9-19)10-4-2-1-3-5-10/h1-8,14,19H,9H2,(H,18,20)/t14-/m0/s1. The van der Waals surface area contributed by atoms with Gasteiger partial charge in [-0.3, -0.25) is 4.79 Å². The second-order valence-electron chi connectivity index (χ2n) is 4.25. The fourth-order valence-corrected chi connectivity index (χ4v) is 1.92. The van der Waals surface area contributed by atoms with Crippen molar-refractivity contribution in [1.82, 2.24) is 5.32 Å². The highest BCUT2D eigenvalue weighted by molar-refractivity contribution is 6.30. The average molecular weight is 294 g/mol. The van der Waals surface area contributed by atoms with E-state index in [2.05, 4.69) is 5.32 Å². The topological polar surface area (TPSA) is 49.3 Å². The van der Waals surface area contributed by atoms with Gasteiger partial charge in [0.15, 0.2) is 0 Å². The first-order valence-electron chi connectivity index (χ1n) is 6.03. The summed E-state index contributed by atoms with van der Waals surface area (Å²) >= 11 is 5.57. The minimum atomic E-state index is -0.653. The molecule has 0 saturated heterocycles. The molecule has 3 nitrogen and oxygen atoms in total. The van der Waals surface area contributed by atoms with Crippen LogP contribution in [0.2, 0.25) is 5.02 Å². The third-order valence-electron chi connectivity index (χ3n) is 2.87. The number of hydrogen-bond acceptors (Lipinski definition) is 2. The maximum atomic E-state index is 13.3. The lowest BCUT2D eigenvalue weighted by atomic mass is 10.1. The average Bonchev–Trinajstić information content (AvgIpc) is 2.48. The van der Waals surface area contributed by atoms with E-state index >= 15 is 0 Å². The second kappa shape index (κ2) is 6.50. The van der Waals surface area contributed by atoms with E-state index in [0.29, 0.717) is 0 Å². The molecule has 0 aliphatic heterocycles. The molecule has 0 aliphatic carbocycles. The largest absolute Gasteiger partial charge is 0.394 e. The first-order valence-corrected chi connectivity index (χ1v) is 6.41. The second-order valence-corrected chi connectivity index (χ2v) is 4.66. The number of nitrogens with one attached hydrogen (secondary N) is 1. The van der Waals surface area contributed by atoms with Crippen LogP contribution in [0.25, 0.3) is 0 Å². The Bertz CT molecular complexity index is 604. The molecule has 1 atom stereocenters. The number of amides is 1. The van der Waals surface area contributed by atoms with Crippen molar-refractivity contribution in [2.75, 3.05) is 6.61 Å². The van der Waals surface area contributed by atoms with Crippen LogP contribution in [0.3, 0.4) is 0 Å². The molecule has 5 heteroatoms. The maximum absolute atomic E-state index is 13.3. The fourth-order valence-electron chi connectivity index (χ4n) is 1.80. The Hall–Kier alpha value is -1.91. The number of benzene rings is 2. The Morgan fingerprint density at radius 1 is 1.25 bits per heavy atom. The van der Waals surface area contributed by atoms with Gasteiger partial charge in [0.1, 0.15) is 5.82 Å². The van der Waals surface area contributed by atoms with Gasteiger partial charge in [0.25, 0.3) is 5.91 Å². The summed E-state index contributed by atoms with van der Waals surface area (Å²) in [6, 6.07) is 12.3. The highest BCUT2D eigenvalue weighted by Crippen LogP contribution is 2.17. The van der Waals surface area contributed by atoms with Gasteiger partial charge in [-0.25, -0.2) is 4.39 Å². The van der Waals surface area contributed by atoms with Crippen LogP contribution in [0.1, 0.15) is 22.0 Å². The summed E-state index contributed by atoms with van der Waals surface area (Å²) in [5, 5.41) is 12.0. The number of hydrogen-bond donors (Lipinski definition) is 2. The fraction of sp³-hybridized carbons (Fsp3) is 0.133. The SMILES string of the molecule is O=C(N[C@@H](CO)c1ccccc1)c1ccc(Cl)c(F)c1. The van der Waals surface area contributed by atoms with Crippen molar-refractivity contribution < 1.29 is 14.3 Å². The number of aliphatic hydroxyl groups is 1. The highest BCUT2D eigenvalue weighted by atomic mass is 35.5. The summed E-state index contributed by atoms with van der Waals surface area (Å²) < 4.78 is 13.3. The Balaban J connectivity index is 2.15. The van der Waals surface area contributed by atoms with Crippen LogP contribution in [0.15, 0.2) is 48.5 Å². The molecule has 0 radical (unpaired) electrons. The number of halogens is 2. The first kappa shape index (κ1) is 14.5. The van der Waals surface area contributed by atoms with E-state index in [9.17, 15) is 14.3 Å². The molecule has 104 valence electrons. The highest BCUT2D eigenvalue weighted by Gasteiger charge is 2.15. The van der Waals surface area contributed by atoms with Crippen LogP contribution < -0.4 is 5.32 Å². The maximum Gasteiger partial charge on any atom is 0.251 e. The Morgan fingerprint density at radius 3 is 2.55 bits per heavy atom. The van der Waals surface area contributed by atoms with Crippen LogP contribution in [0.5, 0.6) is 0 Å². The van der Waals surface area contributed by atoms with Crippen molar-refractivity contribution >= 4 is 17.5 Å². The van der Waals surface area contributed by atoms with Crippen LogP contribution >= 0.6 is 11.6 Å². The third-order valence-corrected chi connectivity index (χ3v) is 3.18. The third kappa shape index (κ3) is 3.35. The predicted octanol–water partition coefficient (Wildman–Crippen LogP) is 2.94. The molecule has 0 bridgehead atoms. The predicted molar refractivity (Wildman–Crippen MR) is 75.1 cm³/mol. The van der Waals surface area contributed by atoms with Crippen molar-refractivity contribution in [3.63, 3.8) is 0 Å². The minimum absolute atomic E-state index is 0.0386. The molecule has 1 amide bonds. The van der Waals surface area contributed by atoms with E-state index in [0.717, 1.165) is 11.6 Å². The number of aliphatic hydroxyl groups excluding tert-OH is 1. The van der Waals surface area contributed by atoms with E-state index in [1.54, 1.807) is 12.1 Å². The van der Waals surface area contributed by atoms with Gasteiger partial charge < -0.3 is 10.4 Å². The van der Waals surface area contributed by atoms with Gasteiger partial charge in [-0.15, -0.1) is 0 Å². The van der Waals surface area contributed by atoms with Gasteiger partial charge in [-0.2, -0.15) is 0 Å². The molecule has 2 aromatic rings. The van der Waals surface area contributed by atoms with Gasteiger partial charge in [-0.05, 0) is 23.8 Å². The molecule has 0 aliphatic rings. The zero-order valence-electron chi connectivity index (χ0n) is 10.5. The number of carbonyl (C=O) groups is 1. The lowest BCUT2D eigenvalue weighted by molar-refractivity contribution is 0.0916. The molecule has 0 spiro atoms. The Kier molecular flexibility index (Phi) is 4.71. The number of rotatable bonds is 4. The van der Waals surface area contributed by atoms with E-state index < -0.39 is 17.8 Å². The van der Waals surface area contributed by atoms with Gasteiger partial charge in [-0.1, -0.05) is 41.9 Å². The van der Waals surface area contributed by atoms with Crippen LogP contribution in [0.4, 0.5) is 4.39 Å². The van der Waals surface area contributed by atoms with Gasteiger partial charge in [0.05, 0.1) is 17.7 Å². The summed E-state index contributed by atoms with van der Waals surface area (Å²) in [6.07, 6.45) is 0. The molecule has 0 saturated carbocycles. The van der Waals surface area contributed by atoms with Gasteiger partial charge >= 0.3 is 0 Å². The van der Waals surface area contributed by atoms with Crippen LogP contribution in [-0.4, -0.2) is 17.6 Å². The summed E-state index contributed by atoms with van der Waals surface area (Å²) in [5.41, 5.74) is 0.930. The van der Waals surface area contributed by atoms with Crippen LogP contribution in [-0.2, 0) is 0 Å².